The van der Waals surface area contributed by atoms with Crippen molar-refractivity contribution in [2.24, 2.45) is 5.92 Å². The lowest BCUT2D eigenvalue weighted by molar-refractivity contribution is 0.0497. The highest BCUT2D eigenvalue weighted by Gasteiger charge is 2.15. The number of nitrogens with one attached hydrogen (secondary N) is 1. The highest BCUT2D eigenvalue weighted by atomic mass is 16.5. The topological polar surface area (TPSA) is 43.4 Å². The van der Waals surface area contributed by atoms with E-state index in [2.05, 4.69) is 30.2 Å². The van der Waals surface area contributed by atoms with Crippen LogP contribution in [0.3, 0.4) is 0 Å². The van der Waals surface area contributed by atoms with Crippen molar-refractivity contribution in [2.45, 2.75) is 45.6 Å². The van der Waals surface area contributed by atoms with Gasteiger partial charge in [-0.15, -0.1) is 0 Å². The van der Waals surface area contributed by atoms with Gasteiger partial charge >= 0.3 is 0 Å². The van der Waals surface area contributed by atoms with Crippen LogP contribution in [0.1, 0.15) is 51.3 Å². The molecule has 0 saturated carbocycles. The number of nitrogens with zero attached hydrogens (tertiary/aromatic N) is 1. The first-order valence-electron chi connectivity index (χ1n) is 8.23. The summed E-state index contributed by atoms with van der Waals surface area (Å²) in [4.78, 5) is 4.55. The fraction of sp³-hybridized carbons (Fsp3) is 0.706. The molecule has 0 aromatic carbocycles. The van der Waals surface area contributed by atoms with Crippen molar-refractivity contribution in [2.75, 3.05) is 26.4 Å². The van der Waals surface area contributed by atoms with E-state index in [4.69, 9.17) is 9.47 Å². The van der Waals surface area contributed by atoms with Gasteiger partial charge in [0, 0.05) is 19.3 Å². The fourth-order valence-corrected chi connectivity index (χ4v) is 2.59. The van der Waals surface area contributed by atoms with Gasteiger partial charge in [-0.1, -0.05) is 13.8 Å². The lowest BCUT2D eigenvalue weighted by Crippen LogP contribution is -2.22. The van der Waals surface area contributed by atoms with Crippen LogP contribution in [0.15, 0.2) is 18.3 Å². The molecule has 0 aliphatic carbocycles. The molecule has 0 amide bonds. The van der Waals surface area contributed by atoms with Gasteiger partial charge in [-0.3, -0.25) is 4.98 Å². The molecule has 1 fully saturated rings. The Kier molecular flexibility index (Phi) is 6.96. The van der Waals surface area contributed by atoms with E-state index in [9.17, 15) is 0 Å². The SMILES string of the molecule is CCCNC(CC)c1ccc(OCC2CCOCC2)cn1. The van der Waals surface area contributed by atoms with Crippen LogP contribution < -0.4 is 10.1 Å². The van der Waals surface area contributed by atoms with E-state index in [1.165, 1.54) is 0 Å². The number of hydrogen-bond donors (Lipinski definition) is 1. The molecule has 1 aliphatic heterocycles. The Bertz CT molecular complexity index is 388. The molecule has 4 nitrogen and oxygen atoms in total. The third kappa shape index (κ3) is 5.29. The van der Waals surface area contributed by atoms with Gasteiger partial charge in [0.15, 0.2) is 0 Å². The third-order valence-corrected chi connectivity index (χ3v) is 3.99. The number of rotatable bonds is 8. The molecular weight excluding hydrogens is 264 g/mol. The Balaban J connectivity index is 1.82. The number of hydrogen-bond acceptors (Lipinski definition) is 4. The van der Waals surface area contributed by atoms with E-state index in [0.29, 0.717) is 12.0 Å². The predicted octanol–water partition coefficient (Wildman–Crippen LogP) is 3.34. The van der Waals surface area contributed by atoms with Crippen LogP contribution in [0.25, 0.3) is 0 Å². The monoisotopic (exact) mass is 292 g/mol. The maximum Gasteiger partial charge on any atom is 0.137 e. The molecule has 21 heavy (non-hydrogen) atoms. The maximum atomic E-state index is 5.86. The van der Waals surface area contributed by atoms with Crippen LogP contribution in [0, 0.1) is 5.92 Å². The molecule has 1 N–H and O–H groups in total. The Morgan fingerprint density at radius 2 is 2.14 bits per heavy atom. The average Bonchev–Trinajstić information content (AvgIpc) is 2.56. The van der Waals surface area contributed by atoms with Crippen LogP contribution in [0.2, 0.25) is 0 Å². The van der Waals surface area contributed by atoms with Gasteiger partial charge in [-0.25, -0.2) is 0 Å². The molecule has 0 radical (unpaired) electrons. The summed E-state index contributed by atoms with van der Waals surface area (Å²) < 4.78 is 11.2. The molecule has 1 atom stereocenters. The molecular formula is C17H28N2O2. The molecule has 2 heterocycles. The molecule has 0 bridgehead atoms. The van der Waals surface area contributed by atoms with E-state index in [0.717, 1.165) is 63.5 Å². The lowest BCUT2D eigenvalue weighted by atomic mass is 10.0. The van der Waals surface area contributed by atoms with Gasteiger partial charge in [-0.05, 0) is 50.3 Å². The largest absolute Gasteiger partial charge is 0.492 e. The number of ether oxygens (including phenoxy) is 2. The Morgan fingerprint density at radius 3 is 2.76 bits per heavy atom. The van der Waals surface area contributed by atoms with E-state index >= 15 is 0 Å². The first-order valence-corrected chi connectivity index (χ1v) is 8.23. The van der Waals surface area contributed by atoms with Crippen molar-refractivity contribution >= 4 is 0 Å². The summed E-state index contributed by atoms with van der Waals surface area (Å²) in [5.74, 6) is 1.49. The molecule has 0 spiro atoms. The molecule has 1 aromatic heterocycles. The summed E-state index contributed by atoms with van der Waals surface area (Å²) in [6.07, 6.45) is 6.25. The minimum Gasteiger partial charge on any atom is -0.492 e. The van der Waals surface area contributed by atoms with E-state index in [1.54, 1.807) is 0 Å². The van der Waals surface area contributed by atoms with Gasteiger partial charge in [0.05, 0.1) is 18.5 Å². The average molecular weight is 292 g/mol. The Morgan fingerprint density at radius 1 is 1.33 bits per heavy atom. The third-order valence-electron chi connectivity index (χ3n) is 3.99. The van der Waals surface area contributed by atoms with E-state index in [-0.39, 0.29) is 0 Å². The second-order valence-electron chi connectivity index (χ2n) is 5.70. The molecule has 1 aliphatic rings. The zero-order valence-corrected chi connectivity index (χ0v) is 13.3. The van der Waals surface area contributed by atoms with E-state index in [1.807, 2.05) is 12.3 Å². The summed E-state index contributed by atoms with van der Waals surface area (Å²) in [6.45, 7) is 7.90. The minimum absolute atomic E-state index is 0.342. The second-order valence-corrected chi connectivity index (χ2v) is 5.70. The predicted molar refractivity (Wildman–Crippen MR) is 84.6 cm³/mol. The highest BCUT2D eigenvalue weighted by molar-refractivity contribution is 5.21. The van der Waals surface area contributed by atoms with Gasteiger partial charge in [0.2, 0.25) is 0 Å². The lowest BCUT2D eigenvalue weighted by Gasteiger charge is -2.22. The van der Waals surface area contributed by atoms with Crippen molar-refractivity contribution in [1.29, 1.82) is 0 Å². The van der Waals surface area contributed by atoms with Crippen molar-refractivity contribution in [3.05, 3.63) is 24.0 Å². The Hall–Kier alpha value is -1.13. The van der Waals surface area contributed by atoms with Crippen LogP contribution in [0.5, 0.6) is 5.75 Å². The van der Waals surface area contributed by atoms with E-state index < -0.39 is 0 Å². The summed E-state index contributed by atoms with van der Waals surface area (Å²) in [5, 5.41) is 3.52. The van der Waals surface area contributed by atoms with Crippen LogP contribution in [-0.4, -0.2) is 31.3 Å². The molecule has 4 heteroatoms. The zero-order valence-electron chi connectivity index (χ0n) is 13.3. The van der Waals surface area contributed by atoms with Crippen molar-refractivity contribution in [1.82, 2.24) is 10.3 Å². The smallest absolute Gasteiger partial charge is 0.137 e. The van der Waals surface area contributed by atoms with Crippen LogP contribution in [-0.2, 0) is 4.74 Å². The summed E-state index contributed by atoms with van der Waals surface area (Å²) in [7, 11) is 0. The summed E-state index contributed by atoms with van der Waals surface area (Å²) in [5.41, 5.74) is 1.10. The quantitative estimate of drug-likeness (QED) is 0.798. The zero-order chi connectivity index (χ0) is 14.9. The first-order chi connectivity index (χ1) is 10.3. The second kappa shape index (κ2) is 9.00. The molecule has 1 saturated heterocycles. The molecule has 118 valence electrons. The van der Waals surface area contributed by atoms with Gasteiger partial charge in [0.25, 0.3) is 0 Å². The summed E-state index contributed by atoms with van der Waals surface area (Å²) >= 11 is 0. The number of aromatic nitrogens is 1. The normalized spacial score (nSPS) is 17.6. The Labute approximate surface area is 128 Å². The van der Waals surface area contributed by atoms with Gasteiger partial charge < -0.3 is 14.8 Å². The van der Waals surface area contributed by atoms with Crippen molar-refractivity contribution in [3.8, 4) is 5.75 Å². The van der Waals surface area contributed by atoms with Crippen LogP contribution >= 0.6 is 0 Å². The van der Waals surface area contributed by atoms with Crippen molar-refractivity contribution in [3.63, 3.8) is 0 Å². The molecule has 2 rings (SSSR count). The summed E-state index contributed by atoms with van der Waals surface area (Å²) in [6, 6.07) is 4.46. The fourth-order valence-electron chi connectivity index (χ4n) is 2.59. The van der Waals surface area contributed by atoms with Gasteiger partial charge in [-0.2, -0.15) is 0 Å². The van der Waals surface area contributed by atoms with Gasteiger partial charge in [0.1, 0.15) is 5.75 Å². The molecule has 1 aromatic rings. The number of pyridine rings is 1. The first kappa shape index (κ1) is 16.2. The maximum absolute atomic E-state index is 5.86. The van der Waals surface area contributed by atoms with Crippen molar-refractivity contribution < 1.29 is 9.47 Å². The standard InChI is InChI=1S/C17H28N2O2/c1-3-9-18-16(4-2)17-6-5-15(12-19-17)21-13-14-7-10-20-11-8-14/h5-6,12,14,16,18H,3-4,7-11,13H2,1-2H3. The van der Waals surface area contributed by atoms with Crippen LogP contribution in [0.4, 0.5) is 0 Å². The highest BCUT2D eigenvalue weighted by Crippen LogP contribution is 2.20. The molecule has 1 unspecified atom stereocenters. The minimum atomic E-state index is 0.342.